The summed E-state index contributed by atoms with van der Waals surface area (Å²) in [5, 5.41) is 0. The van der Waals surface area contributed by atoms with Crippen LogP contribution in [0.1, 0.15) is 10.4 Å². The van der Waals surface area contributed by atoms with Crippen molar-refractivity contribution in [3.8, 4) is 5.75 Å². The molecule has 0 radical (unpaired) electrons. The predicted molar refractivity (Wildman–Crippen MR) is 51.6 cm³/mol. The molecule has 72 valence electrons. The van der Waals surface area contributed by atoms with Crippen LogP contribution in [0.25, 0.3) is 0 Å². The van der Waals surface area contributed by atoms with Gasteiger partial charge in [0.15, 0.2) is 0 Å². The number of hydrogen-bond donors (Lipinski definition) is 0. The summed E-state index contributed by atoms with van der Waals surface area (Å²) in [4.78, 5) is 11.0. The molecule has 0 spiro atoms. The van der Waals surface area contributed by atoms with Crippen molar-refractivity contribution >= 4 is 18.4 Å². The summed E-state index contributed by atoms with van der Waals surface area (Å²) in [6.45, 7) is 0. The molecule has 1 rings (SSSR count). The van der Waals surface area contributed by atoms with Crippen LogP contribution in [0.2, 0.25) is 0 Å². The highest BCUT2D eigenvalue weighted by molar-refractivity contribution is 5.89. The minimum atomic E-state index is -0.353. The van der Waals surface area contributed by atoms with E-state index in [0.717, 1.165) is 0 Å². The molecule has 0 aliphatic carbocycles. The van der Waals surface area contributed by atoms with Gasteiger partial charge in [0.05, 0.1) is 19.8 Å². The topological polar surface area (TPSA) is 35.5 Å². The maximum absolute atomic E-state index is 11.0. The van der Waals surface area contributed by atoms with Gasteiger partial charge in [-0.05, 0) is 18.2 Å². The highest BCUT2D eigenvalue weighted by Crippen LogP contribution is 2.12. The van der Waals surface area contributed by atoms with Crippen LogP contribution in [-0.2, 0) is 4.74 Å². The van der Waals surface area contributed by atoms with Gasteiger partial charge in [0.1, 0.15) is 5.75 Å². The molecule has 1 aromatic rings. The summed E-state index contributed by atoms with van der Waals surface area (Å²) in [5.41, 5.74) is 0.497. The van der Waals surface area contributed by atoms with E-state index in [0.29, 0.717) is 11.3 Å². The molecular weight excluding hydrogens is 192 g/mol. The van der Waals surface area contributed by atoms with Crippen molar-refractivity contribution < 1.29 is 14.3 Å². The highest BCUT2D eigenvalue weighted by Gasteiger charge is 2.04. The van der Waals surface area contributed by atoms with Crippen LogP contribution in [0.3, 0.4) is 0 Å². The Hall–Kier alpha value is -1.22. The standard InChI is InChI=1S/C9H10O3.ClH/c1-11-8-5-3-4-7(6-8)9(10)12-2;/h3-6H,1-2H3;1H. The number of halogens is 1. The normalized spacial score (nSPS) is 8.46. The molecule has 0 unspecified atom stereocenters. The number of carbonyl (C=O) groups excluding carboxylic acids is 1. The third kappa shape index (κ3) is 2.95. The van der Waals surface area contributed by atoms with Crippen molar-refractivity contribution in [2.24, 2.45) is 0 Å². The molecule has 0 fully saturated rings. The third-order valence-corrected chi connectivity index (χ3v) is 1.49. The lowest BCUT2D eigenvalue weighted by Crippen LogP contribution is -2.00. The first-order chi connectivity index (χ1) is 5.77. The van der Waals surface area contributed by atoms with Gasteiger partial charge in [-0.25, -0.2) is 4.79 Å². The highest BCUT2D eigenvalue weighted by atomic mass is 35.5. The first kappa shape index (κ1) is 11.8. The molecule has 0 aliphatic heterocycles. The fourth-order valence-corrected chi connectivity index (χ4v) is 0.868. The maximum atomic E-state index is 11.0. The Kier molecular flexibility index (Phi) is 4.92. The molecule has 0 atom stereocenters. The second-order valence-corrected chi connectivity index (χ2v) is 2.22. The second kappa shape index (κ2) is 5.43. The van der Waals surface area contributed by atoms with Crippen LogP contribution >= 0.6 is 12.4 Å². The van der Waals surface area contributed by atoms with Crippen LogP contribution in [0, 0.1) is 0 Å². The van der Waals surface area contributed by atoms with Crippen LogP contribution in [0.5, 0.6) is 5.75 Å². The first-order valence-electron chi connectivity index (χ1n) is 3.50. The van der Waals surface area contributed by atoms with Crippen molar-refractivity contribution in [3.05, 3.63) is 29.8 Å². The minimum absolute atomic E-state index is 0. The molecule has 0 amide bonds. The predicted octanol–water partition coefficient (Wildman–Crippen LogP) is 1.90. The summed E-state index contributed by atoms with van der Waals surface area (Å²) in [6, 6.07) is 6.82. The SMILES string of the molecule is COC(=O)c1cccc(OC)c1.Cl. The van der Waals surface area contributed by atoms with Gasteiger partial charge in [-0.3, -0.25) is 0 Å². The zero-order valence-electron chi connectivity index (χ0n) is 7.44. The number of hydrogen-bond acceptors (Lipinski definition) is 3. The molecule has 0 aliphatic rings. The Labute approximate surface area is 83.1 Å². The van der Waals surface area contributed by atoms with E-state index in [-0.39, 0.29) is 18.4 Å². The van der Waals surface area contributed by atoms with Gasteiger partial charge in [-0.1, -0.05) is 6.07 Å². The van der Waals surface area contributed by atoms with E-state index >= 15 is 0 Å². The molecule has 13 heavy (non-hydrogen) atoms. The Morgan fingerprint density at radius 2 is 2.00 bits per heavy atom. The molecule has 0 bridgehead atoms. The Balaban J connectivity index is 0.00000144. The van der Waals surface area contributed by atoms with E-state index in [4.69, 9.17) is 4.74 Å². The van der Waals surface area contributed by atoms with Gasteiger partial charge in [-0.2, -0.15) is 0 Å². The Bertz CT molecular complexity index is 286. The van der Waals surface area contributed by atoms with Crippen LogP contribution in [0.4, 0.5) is 0 Å². The quantitative estimate of drug-likeness (QED) is 0.688. The van der Waals surface area contributed by atoms with E-state index < -0.39 is 0 Å². The van der Waals surface area contributed by atoms with E-state index in [2.05, 4.69) is 4.74 Å². The van der Waals surface area contributed by atoms with Crippen molar-refractivity contribution in [2.75, 3.05) is 14.2 Å². The van der Waals surface area contributed by atoms with Gasteiger partial charge >= 0.3 is 5.97 Å². The number of benzene rings is 1. The van der Waals surface area contributed by atoms with Crippen molar-refractivity contribution in [3.63, 3.8) is 0 Å². The number of rotatable bonds is 2. The number of methoxy groups -OCH3 is 2. The molecule has 0 saturated heterocycles. The number of carbonyl (C=O) groups is 1. The molecule has 4 heteroatoms. The van der Waals surface area contributed by atoms with Gasteiger partial charge in [0, 0.05) is 0 Å². The van der Waals surface area contributed by atoms with Crippen molar-refractivity contribution in [1.82, 2.24) is 0 Å². The second-order valence-electron chi connectivity index (χ2n) is 2.22. The molecule has 0 N–H and O–H groups in total. The van der Waals surface area contributed by atoms with Gasteiger partial charge in [0.2, 0.25) is 0 Å². The van der Waals surface area contributed by atoms with Crippen LogP contribution in [-0.4, -0.2) is 20.2 Å². The van der Waals surface area contributed by atoms with Gasteiger partial charge < -0.3 is 9.47 Å². The van der Waals surface area contributed by atoms with Crippen molar-refractivity contribution in [1.29, 1.82) is 0 Å². The minimum Gasteiger partial charge on any atom is -0.497 e. The maximum Gasteiger partial charge on any atom is 0.337 e. The van der Waals surface area contributed by atoms with Crippen LogP contribution in [0.15, 0.2) is 24.3 Å². The zero-order chi connectivity index (χ0) is 8.97. The smallest absolute Gasteiger partial charge is 0.337 e. The van der Waals surface area contributed by atoms with Gasteiger partial charge in [0.25, 0.3) is 0 Å². The fraction of sp³-hybridized carbons (Fsp3) is 0.222. The zero-order valence-corrected chi connectivity index (χ0v) is 8.26. The van der Waals surface area contributed by atoms with Crippen LogP contribution < -0.4 is 4.74 Å². The summed E-state index contributed by atoms with van der Waals surface area (Å²) >= 11 is 0. The van der Waals surface area contributed by atoms with Gasteiger partial charge in [-0.15, -0.1) is 12.4 Å². The van der Waals surface area contributed by atoms with E-state index in [9.17, 15) is 4.79 Å². The van der Waals surface area contributed by atoms with Crippen molar-refractivity contribution in [2.45, 2.75) is 0 Å². The molecule has 0 heterocycles. The third-order valence-electron chi connectivity index (χ3n) is 1.49. The molecule has 3 nitrogen and oxygen atoms in total. The summed E-state index contributed by atoms with van der Waals surface area (Å²) in [6.07, 6.45) is 0. The molecule has 1 aromatic carbocycles. The number of ether oxygens (including phenoxy) is 2. The Morgan fingerprint density at radius 3 is 2.54 bits per heavy atom. The average molecular weight is 203 g/mol. The summed E-state index contributed by atoms with van der Waals surface area (Å²) in [5.74, 6) is 0.298. The largest absolute Gasteiger partial charge is 0.497 e. The Morgan fingerprint density at radius 1 is 1.31 bits per heavy atom. The molecule has 0 aromatic heterocycles. The van der Waals surface area contributed by atoms with E-state index in [1.165, 1.54) is 7.11 Å². The average Bonchev–Trinajstić information content (AvgIpc) is 2.17. The lowest BCUT2D eigenvalue weighted by atomic mass is 10.2. The lowest BCUT2D eigenvalue weighted by Gasteiger charge is -2.01. The summed E-state index contributed by atoms with van der Waals surface area (Å²) in [7, 11) is 2.90. The lowest BCUT2D eigenvalue weighted by molar-refractivity contribution is 0.0600. The fourth-order valence-electron chi connectivity index (χ4n) is 0.868. The monoisotopic (exact) mass is 202 g/mol. The molecule has 0 saturated carbocycles. The molecular formula is C9H11ClO3. The van der Waals surface area contributed by atoms with E-state index in [1.54, 1.807) is 31.4 Å². The number of esters is 1. The van der Waals surface area contributed by atoms with E-state index in [1.807, 2.05) is 0 Å². The summed E-state index contributed by atoms with van der Waals surface area (Å²) < 4.78 is 9.48. The first-order valence-corrected chi connectivity index (χ1v) is 3.50.